The summed E-state index contributed by atoms with van der Waals surface area (Å²) in [5, 5.41) is 2.97. The van der Waals surface area contributed by atoms with E-state index in [4.69, 9.17) is 5.73 Å². The molecule has 0 aliphatic carbocycles. The highest BCUT2D eigenvalue weighted by Crippen LogP contribution is 2.04. The van der Waals surface area contributed by atoms with Gasteiger partial charge in [0.2, 0.25) is 5.91 Å². The first-order valence-corrected chi connectivity index (χ1v) is 2.95. The number of carbonyl (C=O) groups is 1. The average molecular weight is 130 g/mol. The van der Waals surface area contributed by atoms with Crippen molar-refractivity contribution < 1.29 is 4.79 Å². The summed E-state index contributed by atoms with van der Waals surface area (Å²) in [6, 6.07) is 0. The zero-order chi connectivity index (χ0) is 7.49. The SMILES string of the molecule is CNC(C)(C)CC(N)=O. The number of hydrogen-bond donors (Lipinski definition) is 2. The molecule has 0 radical (unpaired) electrons. The second-order valence-electron chi connectivity index (χ2n) is 2.78. The van der Waals surface area contributed by atoms with Crippen LogP contribution in [-0.4, -0.2) is 18.5 Å². The molecule has 0 aliphatic heterocycles. The molecule has 0 aliphatic rings. The van der Waals surface area contributed by atoms with E-state index in [1.165, 1.54) is 0 Å². The van der Waals surface area contributed by atoms with Gasteiger partial charge in [0, 0.05) is 12.0 Å². The van der Waals surface area contributed by atoms with E-state index in [-0.39, 0.29) is 11.4 Å². The first-order valence-electron chi connectivity index (χ1n) is 2.95. The van der Waals surface area contributed by atoms with Crippen LogP contribution in [0.3, 0.4) is 0 Å². The van der Waals surface area contributed by atoms with Crippen LogP contribution in [-0.2, 0) is 4.79 Å². The topological polar surface area (TPSA) is 55.1 Å². The average Bonchev–Trinajstić information content (AvgIpc) is 1.63. The maximum Gasteiger partial charge on any atom is 0.219 e. The summed E-state index contributed by atoms with van der Waals surface area (Å²) in [6.45, 7) is 3.86. The second-order valence-corrected chi connectivity index (χ2v) is 2.78. The predicted octanol–water partition coefficient (Wildman–Crippen LogP) is -0.140. The van der Waals surface area contributed by atoms with Gasteiger partial charge in [-0.25, -0.2) is 0 Å². The van der Waals surface area contributed by atoms with Crippen molar-refractivity contribution in [3.05, 3.63) is 0 Å². The molecule has 0 heterocycles. The number of nitrogens with one attached hydrogen (secondary N) is 1. The van der Waals surface area contributed by atoms with Gasteiger partial charge in [-0.15, -0.1) is 0 Å². The molecular formula is C6H14N2O. The fourth-order valence-corrected chi connectivity index (χ4v) is 0.524. The molecule has 0 unspecified atom stereocenters. The molecule has 1 amide bonds. The molecule has 0 saturated heterocycles. The summed E-state index contributed by atoms with van der Waals surface area (Å²) in [5.74, 6) is -0.269. The first-order chi connectivity index (χ1) is 3.98. The van der Waals surface area contributed by atoms with Gasteiger partial charge in [0.05, 0.1) is 0 Å². The second kappa shape index (κ2) is 2.82. The van der Waals surface area contributed by atoms with Gasteiger partial charge >= 0.3 is 0 Å². The van der Waals surface area contributed by atoms with Crippen LogP contribution in [0.4, 0.5) is 0 Å². The van der Waals surface area contributed by atoms with Crippen LogP contribution < -0.4 is 11.1 Å². The summed E-state index contributed by atoms with van der Waals surface area (Å²) in [5.41, 5.74) is 4.81. The number of carbonyl (C=O) groups excluding carboxylic acids is 1. The molecule has 3 heteroatoms. The molecule has 0 fully saturated rings. The molecule has 0 aromatic carbocycles. The normalized spacial score (nSPS) is 11.4. The highest BCUT2D eigenvalue weighted by atomic mass is 16.1. The molecular weight excluding hydrogens is 116 g/mol. The molecule has 0 atom stereocenters. The summed E-state index contributed by atoms with van der Waals surface area (Å²) >= 11 is 0. The Hall–Kier alpha value is -0.570. The number of rotatable bonds is 3. The Morgan fingerprint density at radius 3 is 2.22 bits per heavy atom. The molecule has 0 aromatic heterocycles. The molecule has 54 valence electrons. The standard InChI is InChI=1S/C6H14N2O/c1-6(2,8-3)4-5(7)9/h8H,4H2,1-3H3,(H2,7,9). The van der Waals surface area contributed by atoms with E-state index in [9.17, 15) is 4.79 Å². The Labute approximate surface area is 55.6 Å². The van der Waals surface area contributed by atoms with Crippen LogP contribution in [0.25, 0.3) is 0 Å². The van der Waals surface area contributed by atoms with Crippen molar-refractivity contribution in [2.75, 3.05) is 7.05 Å². The maximum absolute atomic E-state index is 10.4. The van der Waals surface area contributed by atoms with E-state index < -0.39 is 0 Å². The summed E-state index contributed by atoms with van der Waals surface area (Å²) in [6.07, 6.45) is 0.378. The minimum atomic E-state index is -0.269. The van der Waals surface area contributed by atoms with Gasteiger partial charge in [0.1, 0.15) is 0 Å². The van der Waals surface area contributed by atoms with Gasteiger partial charge in [-0.05, 0) is 20.9 Å². The summed E-state index contributed by atoms with van der Waals surface area (Å²) < 4.78 is 0. The van der Waals surface area contributed by atoms with E-state index in [1.807, 2.05) is 20.9 Å². The summed E-state index contributed by atoms with van der Waals surface area (Å²) in [7, 11) is 1.81. The van der Waals surface area contributed by atoms with Crippen molar-refractivity contribution in [1.29, 1.82) is 0 Å². The monoisotopic (exact) mass is 130 g/mol. The quantitative estimate of drug-likeness (QED) is 0.558. The third-order valence-corrected chi connectivity index (χ3v) is 1.29. The Kier molecular flexibility index (Phi) is 2.65. The van der Waals surface area contributed by atoms with Crippen molar-refractivity contribution in [3.8, 4) is 0 Å². The predicted molar refractivity (Wildman–Crippen MR) is 37.0 cm³/mol. The zero-order valence-electron chi connectivity index (χ0n) is 6.19. The lowest BCUT2D eigenvalue weighted by Gasteiger charge is -2.21. The van der Waals surface area contributed by atoms with E-state index in [0.717, 1.165) is 0 Å². The van der Waals surface area contributed by atoms with Crippen molar-refractivity contribution in [1.82, 2.24) is 5.32 Å². The highest BCUT2D eigenvalue weighted by molar-refractivity contribution is 5.74. The minimum absolute atomic E-state index is 0.161. The van der Waals surface area contributed by atoms with Crippen LogP contribution in [0.15, 0.2) is 0 Å². The molecule has 0 rings (SSSR count). The van der Waals surface area contributed by atoms with E-state index >= 15 is 0 Å². The van der Waals surface area contributed by atoms with E-state index in [0.29, 0.717) is 6.42 Å². The largest absolute Gasteiger partial charge is 0.370 e. The smallest absolute Gasteiger partial charge is 0.219 e. The summed E-state index contributed by atoms with van der Waals surface area (Å²) in [4.78, 5) is 10.4. The minimum Gasteiger partial charge on any atom is -0.370 e. The molecule has 0 saturated carbocycles. The Balaban J connectivity index is 3.71. The van der Waals surface area contributed by atoms with E-state index in [1.54, 1.807) is 0 Å². The van der Waals surface area contributed by atoms with Gasteiger partial charge < -0.3 is 11.1 Å². The van der Waals surface area contributed by atoms with E-state index in [2.05, 4.69) is 5.32 Å². The molecule has 9 heavy (non-hydrogen) atoms. The number of primary amides is 1. The van der Waals surface area contributed by atoms with Crippen molar-refractivity contribution >= 4 is 5.91 Å². The Morgan fingerprint density at radius 1 is 1.67 bits per heavy atom. The fourth-order valence-electron chi connectivity index (χ4n) is 0.524. The third-order valence-electron chi connectivity index (χ3n) is 1.29. The van der Waals surface area contributed by atoms with Crippen molar-refractivity contribution in [2.24, 2.45) is 5.73 Å². The van der Waals surface area contributed by atoms with Crippen LogP contribution in [0, 0.1) is 0 Å². The highest BCUT2D eigenvalue weighted by Gasteiger charge is 2.16. The maximum atomic E-state index is 10.4. The molecule has 3 nitrogen and oxygen atoms in total. The molecule has 0 bridgehead atoms. The Morgan fingerprint density at radius 2 is 2.11 bits per heavy atom. The number of hydrogen-bond acceptors (Lipinski definition) is 2. The zero-order valence-corrected chi connectivity index (χ0v) is 6.19. The molecule has 0 aromatic rings. The number of amides is 1. The van der Waals surface area contributed by atoms with Crippen LogP contribution in [0.5, 0.6) is 0 Å². The van der Waals surface area contributed by atoms with Gasteiger partial charge in [-0.1, -0.05) is 0 Å². The molecule has 0 spiro atoms. The lowest BCUT2D eigenvalue weighted by atomic mass is 10.0. The third kappa shape index (κ3) is 3.97. The first kappa shape index (κ1) is 8.43. The van der Waals surface area contributed by atoms with Gasteiger partial charge in [0.25, 0.3) is 0 Å². The molecule has 3 N–H and O–H groups in total. The van der Waals surface area contributed by atoms with Gasteiger partial charge in [-0.2, -0.15) is 0 Å². The van der Waals surface area contributed by atoms with Crippen LogP contribution in [0.1, 0.15) is 20.3 Å². The lowest BCUT2D eigenvalue weighted by Crippen LogP contribution is -2.40. The van der Waals surface area contributed by atoms with Crippen molar-refractivity contribution in [2.45, 2.75) is 25.8 Å². The van der Waals surface area contributed by atoms with Crippen molar-refractivity contribution in [3.63, 3.8) is 0 Å². The number of nitrogens with two attached hydrogens (primary N) is 1. The van der Waals surface area contributed by atoms with Gasteiger partial charge in [0.15, 0.2) is 0 Å². The van der Waals surface area contributed by atoms with Crippen LogP contribution in [0.2, 0.25) is 0 Å². The Bertz CT molecular complexity index is 110. The fraction of sp³-hybridized carbons (Fsp3) is 0.833. The van der Waals surface area contributed by atoms with Crippen LogP contribution >= 0.6 is 0 Å². The van der Waals surface area contributed by atoms with Gasteiger partial charge in [-0.3, -0.25) is 4.79 Å². The lowest BCUT2D eigenvalue weighted by molar-refractivity contribution is -0.119.